The first-order valence-corrected chi connectivity index (χ1v) is 27.1. The zero-order valence-electron chi connectivity index (χ0n) is 42.9. The molecule has 5 N–H and O–H groups in total. The van der Waals surface area contributed by atoms with Crippen LogP contribution in [0.15, 0.2) is 60.7 Å². The second-order valence-corrected chi connectivity index (χ2v) is 22.0. The zero-order chi connectivity index (χ0) is 57.2. The van der Waals surface area contributed by atoms with Gasteiger partial charge in [-0.2, -0.15) is 35.4 Å². The number of sulfonamides is 1. The van der Waals surface area contributed by atoms with Crippen LogP contribution in [0.3, 0.4) is 0 Å². The van der Waals surface area contributed by atoms with Gasteiger partial charge in [0.2, 0.25) is 39.0 Å². The number of nitrogens with one attached hydrogen (secondary N) is 4. The van der Waals surface area contributed by atoms with Crippen molar-refractivity contribution < 1.29 is 75.6 Å². The number of phenols is 1. The van der Waals surface area contributed by atoms with Gasteiger partial charge in [-0.3, -0.25) is 14.9 Å². The van der Waals surface area contributed by atoms with E-state index in [4.69, 9.17) is 5.11 Å². The summed E-state index contributed by atoms with van der Waals surface area (Å²) in [5, 5.41) is 22.6. The lowest BCUT2D eigenvalue weighted by Gasteiger charge is -2.37. The fourth-order valence-corrected chi connectivity index (χ4v) is 10.1. The summed E-state index contributed by atoms with van der Waals surface area (Å²) in [5.74, 6) is -21.1. The molecule has 0 spiro atoms. The van der Waals surface area contributed by atoms with Crippen molar-refractivity contribution in [3.63, 3.8) is 0 Å². The number of hydrogen-bond acceptors (Lipinski definition) is 10. The Morgan fingerprint density at radius 1 is 0.724 bits per heavy atom. The molecule has 2 saturated heterocycles. The van der Waals surface area contributed by atoms with Crippen LogP contribution in [-0.4, -0.2) is 98.6 Å². The maximum absolute atomic E-state index is 13.5. The van der Waals surface area contributed by atoms with Crippen molar-refractivity contribution in [2.24, 2.45) is 5.92 Å². The molecule has 416 valence electrons. The monoisotopic (exact) mass is 1120 g/mol. The molecule has 7 rings (SSSR count). The molecule has 3 heterocycles. The molecule has 2 aliphatic heterocycles. The Morgan fingerprint density at radius 3 is 1.59 bits per heavy atom. The first kappa shape index (κ1) is 61.7. The molecule has 2 unspecified atom stereocenters. The molecule has 26 heteroatoms. The van der Waals surface area contributed by atoms with Gasteiger partial charge in [-0.15, -0.1) is 0 Å². The molecule has 5 aromatic rings. The van der Waals surface area contributed by atoms with Crippen molar-refractivity contribution in [3.8, 4) is 17.2 Å². The molecule has 4 amide bonds. The molecule has 0 aliphatic carbocycles. The second-order valence-electron chi connectivity index (χ2n) is 18.6. The van der Waals surface area contributed by atoms with Crippen LogP contribution in [0.4, 0.5) is 45.7 Å². The van der Waals surface area contributed by atoms with Gasteiger partial charge in [0.1, 0.15) is 16.9 Å². The number of piperidine rings is 1. The number of rotatable bonds is 11. The van der Waals surface area contributed by atoms with E-state index < -0.39 is 101 Å². The smallest absolute Gasteiger partial charge is 0.320 e. The largest absolute Gasteiger partial charge is 0.503 e. The minimum atomic E-state index is -4.41. The number of carbonyl (C=O) groups is 3. The van der Waals surface area contributed by atoms with Crippen molar-refractivity contribution in [1.82, 2.24) is 30.0 Å². The number of phenolic OH excluding ortho intramolecular Hbond substituents is 1. The molecule has 76 heavy (non-hydrogen) atoms. The van der Waals surface area contributed by atoms with Crippen LogP contribution in [0, 0.1) is 59.4 Å². The molecule has 2 fully saturated rings. The number of urea groups is 1. The predicted molar refractivity (Wildman–Crippen MR) is 267 cm³/mol. The molecule has 3 atom stereocenters. The second kappa shape index (κ2) is 25.8. The Labute approximate surface area is 435 Å². The highest BCUT2D eigenvalue weighted by atomic mass is 32.2. The Morgan fingerprint density at radius 2 is 1.18 bits per heavy atom. The van der Waals surface area contributed by atoms with Crippen LogP contribution >= 0.6 is 0 Å². The average molecular weight is 1120 g/mol. The minimum Gasteiger partial charge on any atom is -0.503 e. The number of halogens is 8. The lowest BCUT2D eigenvalue weighted by molar-refractivity contribution is 0.0935. The molecule has 0 radical (unpaired) electrons. The van der Waals surface area contributed by atoms with Crippen LogP contribution in [0.5, 0.6) is 11.5 Å². The minimum absolute atomic E-state index is 0.0296. The van der Waals surface area contributed by atoms with Crippen molar-refractivity contribution >= 4 is 43.8 Å². The summed E-state index contributed by atoms with van der Waals surface area (Å²) in [7, 11) is -5.85. The van der Waals surface area contributed by atoms with E-state index in [9.17, 15) is 66.3 Å². The van der Waals surface area contributed by atoms with Crippen molar-refractivity contribution in [2.45, 2.75) is 91.1 Å². The molecular formula is C50H59F8N7O9S2. The highest BCUT2D eigenvalue weighted by Gasteiger charge is 2.45. The number of aromatic hydroxyl groups is 1. The maximum Gasteiger partial charge on any atom is 0.320 e. The number of nitrogens with zero attached hydrogens (tertiary/aromatic N) is 3. The van der Waals surface area contributed by atoms with Crippen LogP contribution in [0.1, 0.15) is 97.8 Å². The molecule has 2 bridgehead atoms. The quantitative estimate of drug-likeness (QED) is 0.0481. The number of fused-ring (bicyclic) bond motifs is 2. The first-order chi connectivity index (χ1) is 35.4. The number of carbonyl (C=O) groups excluding carboxylic acids is 3. The molecule has 1 aromatic heterocycles. The number of benzene rings is 4. The summed E-state index contributed by atoms with van der Waals surface area (Å²) < 4.78 is 158. The topological polar surface area (TPSA) is 218 Å². The Balaban J connectivity index is 0.000000220. The van der Waals surface area contributed by atoms with E-state index in [1.165, 1.54) is 31.2 Å². The van der Waals surface area contributed by atoms with Gasteiger partial charge in [0.05, 0.1) is 23.9 Å². The number of amides is 4. The fourth-order valence-electron chi connectivity index (χ4n) is 8.15. The van der Waals surface area contributed by atoms with Gasteiger partial charge in [-0.05, 0) is 76.5 Å². The van der Waals surface area contributed by atoms with Gasteiger partial charge in [0.25, 0.3) is 11.8 Å². The van der Waals surface area contributed by atoms with Crippen LogP contribution in [-0.2, 0) is 32.0 Å². The Bertz CT molecular complexity index is 3050. The fraction of sp³-hybridized carbons (Fsp3) is 0.400. The van der Waals surface area contributed by atoms with Gasteiger partial charge in [0.15, 0.2) is 29.0 Å². The van der Waals surface area contributed by atoms with E-state index in [1.807, 2.05) is 54.0 Å². The third-order valence-corrected chi connectivity index (χ3v) is 13.4. The van der Waals surface area contributed by atoms with E-state index in [-0.39, 0.29) is 36.6 Å². The number of aromatic nitrogens is 2. The summed E-state index contributed by atoms with van der Waals surface area (Å²) >= 11 is 0. The lowest BCUT2D eigenvalue weighted by atomic mass is 9.87. The number of aryl methyl sites for hydroxylation is 1. The van der Waals surface area contributed by atoms with E-state index in [0.29, 0.717) is 18.0 Å². The van der Waals surface area contributed by atoms with Gasteiger partial charge < -0.3 is 25.2 Å². The average Bonchev–Trinajstić information content (AvgIpc) is 3.91. The van der Waals surface area contributed by atoms with E-state index in [1.54, 1.807) is 16.0 Å². The van der Waals surface area contributed by atoms with Crippen LogP contribution in [0.2, 0.25) is 0 Å². The van der Waals surface area contributed by atoms with Gasteiger partial charge >= 0.3 is 16.1 Å². The van der Waals surface area contributed by atoms with Crippen LogP contribution < -0.4 is 25.5 Å². The van der Waals surface area contributed by atoms with Crippen molar-refractivity contribution in [2.75, 3.05) is 38.0 Å². The highest BCUT2D eigenvalue weighted by molar-refractivity contribution is 7.88. The number of hydrogen-bond donors (Lipinski definition) is 5. The number of anilines is 1. The molecule has 2 aliphatic rings. The van der Waals surface area contributed by atoms with Gasteiger partial charge in [-0.1, -0.05) is 68.8 Å². The van der Waals surface area contributed by atoms with E-state index >= 15 is 0 Å². The standard InChI is InChI=1S/C16H22N4O.C15H21NO2S.C10H9F4NO4S.C9H7F4NO2/c1-11-6-8-12(9-7-11)20-14(18-15(21)17-5)10-13(19-20)16(2,3)4;1-19(17,18)16-14-7-8-15(16)11-13(10-14)9-12-5-3-2-4-6-12;1-3-15-10(16)4-5(11)7(13)9(8(14)6(4)12)19-20(2,17)18;1-2-14-9(16)3-4(10)6(12)8(15)7(13)5(3)11/h6-10H,1-5H3,(H2,17,18,21);2-6,13-15H,7-11H2,1H3;3H2,1-2H3,(H,15,16);15H,2H2,1H3,(H,14,16)/t;13?,14-,15?;;/m.0../s1. The summed E-state index contributed by atoms with van der Waals surface area (Å²) in [5.41, 5.74) is 1.42. The predicted octanol–water partition coefficient (Wildman–Crippen LogP) is 8.69. The Kier molecular flexibility index (Phi) is 21.0. The zero-order valence-corrected chi connectivity index (χ0v) is 44.5. The third kappa shape index (κ3) is 15.6. The molecular weight excluding hydrogens is 1060 g/mol. The van der Waals surface area contributed by atoms with Gasteiger partial charge in [0, 0.05) is 43.7 Å². The summed E-state index contributed by atoms with van der Waals surface area (Å²) in [4.78, 5) is 34.0. The highest BCUT2D eigenvalue weighted by Crippen LogP contribution is 2.41. The van der Waals surface area contributed by atoms with Crippen LogP contribution in [0.25, 0.3) is 5.69 Å². The first-order valence-electron chi connectivity index (χ1n) is 23.4. The summed E-state index contributed by atoms with van der Waals surface area (Å²) in [6, 6.07) is 20.7. The van der Waals surface area contributed by atoms with E-state index in [0.717, 1.165) is 43.5 Å². The normalized spacial score (nSPS) is 16.1. The molecule has 4 aromatic carbocycles. The SMILES string of the molecule is CCNC(=O)c1c(F)c(F)c(O)c(F)c1F.CCNC(=O)c1c(F)c(F)c(OS(C)(=O)=O)c(F)c1F.CNC(=O)Nc1cc(C(C)(C)C)nn1-c1ccc(C)cc1.CS(=O)(=O)N1C2CC[C@H]1CC(Cc1ccccc1)C2. The van der Waals surface area contributed by atoms with Crippen molar-refractivity contribution in [3.05, 3.63) is 135 Å². The maximum atomic E-state index is 13.5. The third-order valence-electron chi connectivity index (χ3n) is 11.6. The molecule has 0 saturated carbocycles. The van der Waals surface area contributed by atoms with E-state index in [2.05, 4.69) is 65.0 Å². The molecule has 16 nitrogen and oxygen atoms in total. The lowest BCUT2D eigenvalue weighted by Crippen LogP contribution is -2.46. The summed E-state index contributed by atoms with van der Waals surface area (Å²) in [6.07, 6.45) is 7.02. The van der Waals surface area contributed by atoms with Crippen molar-refractivity contribution in [1.29, 1.82) is 0 Å². The van der Waals surface area contributed by atoms with Gasteiger partial charge in [-0.25, -0.2) is 35.5 Å². The Hall–Kier alpha value is -6.80. The summed E-state index contributed by atoms with van der Waals surface area (Å²) in [6.45, 7) is 11.2.